The highest BCUT2D eigenvalue weighted by atomic mass is 16.2. The molecule has 6 rings (SSSR count). The summed E-state index contributed by atoms with van der Waals surface area (Å²) in [7, 11) is 0. The summed E-state index contributed by atoms with van der Waals surface area (Å²) in [5.74, 6) is 0.728. The fourth-order valence-corrected chi connectivity index (χ4v) is 6.34. The molecular formula is C27H29N5O3. The fraction of sp³-hybridized carbons (Fsp3) is 0.444. The number of rotatable bonds is 7. The number of benzene rings is 1. The maximum atomic E-state index is 13.4. The number of amides is 2. The predicted octanol–water partition coefficient (Wildman–Crippen LogP) is 3.06. The number of hydrogen-bond acceptors (Lipinski definition) is 5. The molecule has 180 valence electrons. The highest BCUT2D eigenvalue weighted by molar-refractivity contribution is 6.04. The number of aromatic nitrogens is 3. The van der Waals surface area contributed by atoms with Gasteiger partial charge in [-0.1, -0.05) is 30.3 Å². The first-order valence-electron chi connectivity index (χ1n) is 12.5. The zero-order valence-corrected chi connectivity index (χ0v) is 19.5. The molecule has 3 fully saturated rings. The van der Waals surface area contributed by atoms with E-state index in [-0.39, 0.29) is 36.0 Å². The molecule has 0 bridgehead atoms. The second-order valence-electron chi connectivity index (χ2n) is 10.3. The molecule has 2 saturated carbocycles. The molecule has 1 saturated heterocycles. The Morgan fingerprint density at radius 2 is 1.86 bits per heavy atom. The molecule has 3 heterocycles. The summed E-state index contributed by atoms with van der Waals surface area (Å²) in [5, 5.41) is 4.88. The number of likely N-dealkylation sites (tertiary alicyclic amines) is 1. The van der Waals surface area contributed by atoms with Crippen molar-refractivity contribution in [2.24, 2.45) is 17.6 Å². The minimum atomic E-state index is -0.644. The molecule has 0 radical (unpaired) electrons. The van der Waals surface area contributed by atoms with E-state index in [2.05, 4.69) is 34.3 Å². The lowest BCUT2D eigenvalue weighted by Gasteiger charge is -2.27. The molecule has 3 aliphatic rings. The van der Waals surface area contributed by atoms with Crippen LogP contribution in [0.3, 0.4) is 0 Å². The van der Waals surface area contributed by atoms with Crippen LogP contribution < -0.4 is 5.73 Å². The minimum absolute atomic E-state index is 0.0397. The third-order valence-electron chi connectivity index (χ3n) is 8.14. The van der Waals surface area contributed by atoms with Crippen molar-refractivity contribution in [1.82, 2.24) is 19.7 Å². The summed E-state index contributed by atoms with van der Waals surface area (Å²) < 4.78 is 1.49. The summed E-state index contributed by atoms with van der Waals surface area (Å²) in [5.41, 5.74) is 7.56. The van der Waals surface area contributed by atoms with Crippen LogP contribution in [0.25, 0.3) is 10.9 Å². The van der Waals surface area contributed by atoms with E-state index in [1.807, 2.05) is 11.0 Å². The van der Waals surface area contributed by atoms with Gasteiger partial charge in [0.05, 0.1) is 17.8 Å². The lowest BCUT2D eigenvalue weighted by atomic mass is 9.92. The molecule has 2 amide bonds. The summed E-state index contributed by atoms with van der Waals surface area (Å²) >= 11 is 0. The van der Waals surface area contributed by atoms with Crippen molar-refractivity contribution >= 4 is 28.5 Å². The third-order valence-corrected chi connectivity index (χ3v) is 8.14. The summed E-state index contributed by atoms with van der Waals surface area (Å²) in [6.07, 6.45) is 8.62. The van der Waals surface area contributed by atoms with Crippen molar-refractivity contribution in [2.75, 3.05) is 0 Å². The largest absolute Gasteiger partial charge is 0.364 e. The number of pyridine rings is 1. The van der Waals surface area contributed by atoms with Gasteiger partial charge in [-0.05, 0) is 61.5 Å². The number of nitrogens with two attached hydrogens (primary N) is 1. The van der Waals surface area contributed by atoms with Crippen molar-refractivity contribution in [3.05, 3.63) is 60.0 Å². The fourth-order valence-electron chi connectivity index (χ4n) is 6.34. The molecule has 2 aliphatic carbocycles. The van der Waals surface area contributed by atoms with Gasteiger partial charge in [0, 0.05) is 24.0 Å². The standard InChI is InChI=1S/C27H29N5O3/c28-27(35)26-20-8-9-29-14-23(20)31(30-26)15-25(34)32-21-12-19(21)13-22(32)24(33)11-16-6-7-18(10-16)17-4-2-1-3-5-17/h1-5,8-9,14,16,18-19,21-22H,6-7,10-13,15H2,(H2,28,35)/t16?,18-,19+,21+,22-/m0/s1. The van der Waals surface area contributed by atoms with Gasteiger partial charge in [0.25, 0.3) is 5.91 Å². The molecule has 35 heavy (non-hydrogen) atoms. The second kappa shape index (κ2) is 8.59. The van der Waals surface area contributed by atoms with Gasteiger partial charge < -0.3 is 10.6 Å². The Bertz CT molecular complexity index is 1300. The molecule has 1 aromatic carbocycles. The molecule has 8 nitrogen and oxygen atoms in total. The molecule has 2 N–H and O–H groups in total. The topological polar surface area (TPSA) is 111 Å². The minimum Gasteiger partial charge on any atom is -0.364 e. The summed E-state index contributed by atoms with van der Waals surface area (Å²) in [6, 6.07) is 12.0. The Labute approximate surface area is 203 Å². The first kappa shape index (κ1) is 21.9. The lowest BCUT2D eigenvalue weighted by molar-refractivity contribution is -0.139. The molecule has 8 heteroatoms. The average Bonchev–Trinajstić information content (AvgIpc) is 3.20. The van der Waals surface area contributed by atoms with E-state index in [1.54, 1.807) is 18.5 Å². The van der Waals surface area contributed by atoms with Gasteiger partial charge in [-0.25, -0.2) is 0 Å². The third kappa shape index (κ3) is 4.00. The Morgan fingerprint density at radius 3 is 2.66 bits per heavy atom. The van der Waals surface area contributed by atoms with E-state index in [9.17, 15) is 14.4 Å². The highest BCUT2D eigenvalue weighted by Gasteiger charge is 2.55. The number of hydrogen-bond donors (Lipinski definition) is 1. The monoisotopic (exact) mass is 471 g/mol. The maximum absolute atomic E-state index is 13.4. The molecule has 5 atom stereocenters. The summed E-state index contributed by atoms with van der Waals surface area (Å²) in [4.78, 5) is 44.6. The highest BCUT2D eigenvalue weighted by Crippen LogP contribution is 2.49. The number of ketones is 1. The van der Waals surface area contributed by atoms with Gasteiger partial charge >= 0.3 is 0 Å². The average molecular weight is 472 g/mol. The SMILES string of the molecule is NC(=O)c1nn(CC(=O)N2[C@@H]3C[C@@H]3C[C@H]2C(=O)CC2CC[C@H](c3ccccc3)C2)c2cnccc12. The van der Waals surface area contributed by atoms with E-state index in [1.165, 1.54) is 10.2 Å². The first-order valence-corrected chi connectivity index (χ1v) is 12.5. The lowest BCUT2D eigenvalue weighted by Crippen LogP contribution is -2.45. The Hall–Kier alpha value is -3.55. The van der Waals surface area contributed by atoms with Crippen LogP contribution in [-0.4, -0.2) is 49.3 Å². The number of fused-ring (bicyclic) bond motifs is 2. The molecular weight excluding hydrogens is 442 g/mol. The van der Waals surface area contributed by atoms with Crippen LogP contribution in [0.1, 0.15) is 60.5 Å². The van der Waals surface area contributed by atoms with Crippen molar-refractivity contribution in [2.45, 2.75) is 63.1 Å². The Kier molecular flexibility index (Phi) is 5.39. The zero-order chi connectivity index (χ0) is 24.1. The Morgan fingerprint density at radius 1 is 1.03 bits per heavy atom. The van der Waals surface area contributed by atoms with Gasteiger partial charge in [-0.3, -0.25) is 24.0 Å². The van der Waals surface area contributed by atoms with E-state index in [4.69, 9.17) is 5.73 Å². The van der Waals surface area contributed by atoms with Crippen molar-refractivity contribution in [3.63, 3.8) is 0 Å². The molecule has 0 spiro atoms. The van der Waals surface area contributed by atoms with E-state index in [0.717, 1.165) is 32.1 Å². The van der Waals surface area contributed by atoms with Gasteiger partial charge in [-0.2, -0.15) is 5.10 Å². The van der Waals surface area contributed by atoms with E-state index >= 15 is 0 Å². The smallest absolute Gasteiger partial charge is 0.269 e. The van der Waals surface area contributed by atoms with E-state index < -0.39 is 5.91 Å². The summed E-state index contributed by atoms with van der Waals surface area (Å²) in [6.45, 7) is -0.0397. The zero-order valence-electron chi connectivity index (χ0n) is 19.5. The second-order valence-corrected chi connectivity index (χ2v) is 10.3. The molecule has 2 aromatic heterocycles. The van der Waals surface area contributed by atoms with Crippen LogP contribution in [0, 0.1) is 11.8 Å². The van der Waals surface area contributed by atoms with Crippen LogP contribution in [0.5, 0.6) is 0 Å². The number of piperidine rings is 1. The van der Waals surface area contributed by atoms with Crippen molar-refractivity contribution in [3.8, 4) is 0 Å². The van der Waals surface area contributed by atoms with Crippen LogP contribution in [-0.2, 0) is 16.1 Å². The first-order chi connectivity index (χ1) is 17.0. The Balaban J connectivity index is 1.15. The van der Waals surface area contributed by atoms with Crippen molar-refractivity contribution in [1.29, 1.82) is 0 Å². The van der Waals surface area contributed by atoms with Crippen LogP contribution >= 0.6 is 0 Å². The van der Waals surface area contributed by atoms with Crippen LogP contribution in [0.2, 0.25) is 0 Å². The van der Waals surface area contributed by atoms with E-state index in [0.29, 0.717) is 35.1 Å². The van der Waals surface area contributed by atoms with Crippen LogP contribution in [0.15, 0.2) is 48.8 Å². The van der Waals surface area contributed by atoms with Crippen molar-refractivity contribution < 1.29 is 14.4 Å². The normalized spacial score (nSPS) is 27.2. The number of Topliss-reactive ketones (excluding diaryl/α,β-unsaturated/α-hetero) is 1. The number of nitrogens with zero attached hydrogens (tertiary/aromatic N) is 4. The number of carbonyl (C=O) groups excluding carboxylic acids is 3. The number of carbonyl (C=O) groups is 3. The van der Waals surface area contributed by atoms with Crippen LogP contribution in [0.4, 0.5) is 0 Å². The molecule has 1 unspecified atom stereocenters. The maximum Gasteiger partial charge on any atom is 0.269 e. The van der Waals surface area contributed by atoms with Gasteiger partial charge in [0.1, 0.15) is 6.54 Å². The number of primary amides is 1. The van der Waals surface area contributed by atoms with Gasteiger partial charge in [-0.15, -0.1) is 0 Å². The van der Waals surface area contributed by atoms with Gasteiger partial charge in [0.2, 0.25) is 5.91 Å². The quantitative estimate of drug-likeness (QED) is 0.569. The molecule has 1 aliphatic heterocycles. The van der Waals surface area contributed by atoms with Gasteiger partial charge in [0.15, 0.2) is 11.5 Å². The predicted molar refractivity (Wildman–Crippen MR) is 129 cm³/mol. The molecule has 3 aromatic rings.